The van der Waals surface area contributed by atoms with Crippen LogP contribution >= 0.6 is 15.9 Å². The highest BCUT2D eigenvalue weighted by Gasteiger charge is 2.16. The molecule has 1 aromatic heterocycles. The fourth-order valence-corrected chi connectivity index (χ4v) is 2.00. The Hall–Kier alpha value is -1.53. The molecule has 0 fully saturated rings. The van der Waals surface area contributed by atoms with Crippen LogP contribution in [-0.2, 0) is 0 Å². The molecule has 0 saturated heterocycles. The van der Waals surface area contributed by atoms with Crippen molar-refractivity contribution in [2.45, 2.75) is 19.4 Å². The van der Waals surface area contributed by atoms with Gasteiger partial charge in [-0.05, 0) is 44.2 Å². The molecule has 0 bridgehead atoms. The number of nitrogens with one attached hydrogen (secondary N) is 1. The summed E-state index contributed by atoms with van der Waals surface area (Å²) in [4.78, 5) is 0. The lowest BCUT2D eigenvalue weighted by Gasteiger charge is -2.24. The largest absolute Gasteiger partial charge is 0.362 e. The summed E-state index contributed by atoms with van der Waals surface area (Å²) >= 11 is 3.32. The van der Waals surface area contributed by atoms with Crippen molar-refractivity contribution < 1.29 is 4.39 Å². The van der Waals surface area contributed by atoms with Crippen molar-refractivity contribution in [1.29, 1.82) is 0 Å². The molecule has 0 atom stereocenters. The Bertz CT molecular complexity index is 599. The zero-order chi connectivity index (χ0) is 14.8. The van der Waals surface area contributed by atoms with Crippen LogP contribution in [0, 0.1) is 5.82 Å². The number of nitrogens with zero attached hydrogens (tertiary/aromatic N) is 2. The van der Waals surface area contributed by atoms with Gasteiger partial charge >= 0.3 is 0 Å². The van der Waals surface area contributed by atoms with Crippen molar-refractivity contribution in [3.63, 3.8) is 0 Å². The molecule has 0 amide bonds. The summed E-state index contributed by atoms with van der Waals surface area (Å²) < 4.78 is 14.6. The molecule has 106 valence electrons. The highest BCUT2D eigenvalue weighted by atomic mass is 79.9. The van der Waals surface area contributed by atoms with E-state index in [1.54, 1.807) is 24.3 Å². The summed E-state index contributed by atoms with van der Waals surface area (Å²) in [6.45, 7) is 4.41. The van der Waals surface area contributed by atoms with Crippen LogP contribution in [0.2, 0.25) is 0 Å². The first kappa shape index (κ1) is 14.9. The van der Waals surface area contributed by atoms with Gasteiger partial charge in [-0.25, -0.2) is 4.39 Å². The number of hydrogen-bond acceptors (Lipinski definition) is 4. The second kappa shape index (κ2) is 5.85. The molecule has 0 saturated carbocycles. The van der Waals surface area contributed by atoms with E-state index in [2.05, 4.69) is 31.4 Å². The lowest BCUT2D eigenvalue weighted by Crippen LogP contribution is -2.39. The first-order valence-electron chi connectivity index (χ1n) is 6.19. The van der Waals surface area contributed by atoms with Gasteiger partial charge in [0.2, 0.25) is 0 Å². The average Bonchev–Trinajstić information content (AvgIpc) is 2.42. The highest BCUT2D eigenvalue weighted by molar-refractivity contribution is 9.10. The standard InChI is InChI=1S/C14H16BrFN4/c1-14(2,8-17)18-13-6-5-12(19-20-13)10-7-9(15)3-4-11(10)16/h3-7H,8,17H2,1-2H3,(H,18,20). The van der Waals surface area contributed by atoms with Gasteiger partial charge in [-0.3, -0.25) is 0 Å². The maximum absolute atomic E-state index is 13.8. The Kier molecular flexibility index (Phi) is 4.35. The van der Waals surface area contributed by atoms with Crippen molar-refractivity contribution in [1.82, 2.24) is 10.2 Å². The fraction of sp³-hybridized carbons (Fsp3) is 0.286. The van der Waals surface area contributed by atoms with Crippen LogP contribution in [0.4, 0.5) is 10.2 Å². The summed E-state index contributed by atoms with van der Waals surface area (Å²) in [6.07, 6.45) is 0. The zero-order valence-corrected chi connectivity index (χ0v) is 12.9. The van der Waals surface area contributed by atoms with Gasteiger partial charge in [-0.2, -0.15) is 0 Å². The summed E-state index contributed by atoms with van der Waals surface area (Å²) in [5.74, 6) is 0.283. The number of rotatable bonds is 4. The second-order valence-corrected chi connectivity index (χ2v) is 6.06. The Morgan fingerprint density at radius 1 is 1.25 bits per heavy atom. The Labute approximate surface area is 125 Å². The van der Waals surface area contributed by atoms with Crippen LogP contribution in [0.1, 0.15) is 13.8 Å². The van der Waals surface area contributed by atoms with Crippen molar-refractivity contribution in [2.24, 2.45) is 5.73 Å². The SMILES string of the molecule is CC(C)(CN)Nc1ccc(-c2cc(Br)ccc2F)nn1. The molecule has 1 aromatic carbocycles. The van der Waals surface area contributed by atoms with Gasteiger partial charge in [-0.15, -0.1) is 10.2 Å². The predicted octanol–water partition coefficient (Wildman–Crippen LogP) is 3.19. The van der Waals surface area contributed by atoms with E-state index in [0.717, 1.165) is 4.47 Å². The Morgan fingerprint density at radius 2 is 2.00 bits per heavy atom. The first-order chi connectivity index (χ1) is 9.41. The minimum absolute atomic E-state index is 0.267. The van der Waals surface area contributed by atoms with Crippen molar-refractivity contribution in [2.75, 3.05) is 11.9 Å². The van der Waals surface area contributed by atoms with Crippen LogP contribution in [0.5, 0.6) is 0 Å². The molecule has 0 radical (unpaired) electrons. The van der Waals surface area contributed by atoms with Crippen molar-refractivity contribution in [3.05, 3.63) is 40.6 Å². The van der Waals surface area contributed by atoms with Gasteiger partial charge in [0, 0.05) is 22.1 Å². The minimum atomic E-state index is -0.328. The maximum atomic E-state index is 13.8. The molecule has 6 heteroatoms. The number of hydrogen-bond donors (Lipinski definition) is 2. The van der Waals surface area contributed by atoms with Gasteiger partial charge in [0.05, 0.1) is 5.69 Å². The molecule has 0 spiro atoms. The van der Waals surface area contributed by atoms with Crippen LogP contribution in [0.15, 0.2) is 34.8 Å². The quantitative estimate of drug-likeness (QED) is 0.898. The molecule has 2 aromatic rings. The topological polar surface area (TPSA) is 63.8 Å². The van der Waals surface area contributed by atoms with Gasteiger partial charge in [0.1, 0.15) is 11.6 Å². The van der Waals surface area contributed by atoms with E-state index in [9.17, 15) is 4.39 Å². The van der Waals surface area contributed by atoms with Gasteiger partial charge in [0.25, 0.3) is 0 Å². The number of anilines is 1. The molecule has 0 aliphatic rings. The van der Waals surface area contributed by atoms with E-state index in [1.807, 2.05) is 13.8 Å². The van der Waals surface area contributed by atoms with Gasteiger partial charge < -0.3 is 11.1 Å². The lowest BCUT2D eigenvalue weighted by molar-refractivity contribution is 0.576. The van der Waals surface area contributed by atoms with E-state index in [1.165, 1.54) is 6.07 Å². The summed E-state index contributed by atoms with van der Waals surface area (Å²) in [6, 6.07) is 8.21. The molecule has 1 heterocycles. The fourth-order valence-electron chi connectivity index (χ4n) is 1.63. The van der Waals surface area contributed by atoms with Gasteiger partial charge in [-0.1, -0.05) is 15.9 Å². The summed E-state index contributed by atoms with van der Waals surface area (Å²) in [5.41, 5.74) is 6.28. The van der Waals surface area contributed by atoms with Gasteiger partial charge in [0.15, 0.2) is 0 Å². The third-order valence-corrected chi connectivity index (χ3v) is 3.34. The van der Waals surface area contributed by atoms with E-state index in [0.29, 0.717) is 23.6 Å². The van der Waals surface area contributed by atoms with E-state index >= 15 is 0 Å². The van der Waals surface area contributed by atoms with Crippen molar-refractivity contribution in [3.8, 4) is 11.3 Å². The highest BCUT2D eigenvalue weighted by Crippen LogP contribution is 2.25. The van der Waals surface area contributed by atoms with E-state index in [-0.39, 0.29) is 11.4 Å². The smallest absolute Gasteiger partial charge is 0.149 e. The van der Waals surface area contributed by atoms with Crippen molar-refractivity contribution >= 4 is 21.7 Å². The molecule has 0 aliphatic carbocycles. The Morgan fingerprint density at radius 3 is 2.60 bits per heavy atom. The number of benzene rings is 1. The van der Waals surface area contributed by atoms with Crippen LogP contribution in [0.25, 0.3) is 11.3 Å². The van der Waals surface area contributed by atoms with Crippen LogP contribution in [0.3, 0.4) is 0 Å². The lowest BCUT2D eigenvalue weighted by atomic mass is 10.1. The first-order valence-corrected chi connectivity index (χ1v) is 6.98. The molecular formula is C14H16BrFN4. The molecule has 4 nitrogen and oxygen atoms in total. The molecule has 0 aliphatic heterocycles. The predicted molar refractivity (Wildman–Crippen MR) is 81.9 cm³/mol. The average molecular weight is 339 g/mol. The third-order valence-electron chi connectivity index (χ3n) is 2.85. The van der Waals surface area contributed by atoms with Crippen LogP contribution < -0.4 is 11.1 Å². The van der Waals surface area contributed by atoms with E-state index in [4.69, 9.17) is 5.73 Å². The zero-order valence-electron chi connectivity index (χ0n) is 11.3. The summed E-state index contributed by atoms with van der Waals surface area (Å²) in [5, 5.41) is 11.3. The third kappa shape index (κ3) is 3.52. The molecular weight excluding hydrogens is 323 g/mol. The minimum Gasteiger partial charge on any atom is -0.362 e. The Balaban J connectivity index is 2.26. The molecule has 3 N–H and O–H groups in total. The summed E-state index contributed by atoms with van der Waals surface area (Å²) in [7, 11) is 0. The second-order valence-electron chi connectivity index (χ2n) is 5.14. The number of aromatic nitrogens is 2. The maximum Gasteiger partial charge on any atom is 0.149 e. The molecule has 20 heavy (non-hydrogen) atoms. The molecule has 2 rings (SSSR count). The number of halogens is 2. The monoisotopic (exact) mass is 338 g/mol. The van der Waals surface area contributed by atoms with E-state index < -0.39 is 0 Å². The number of nitrogens with two attached hydrogens (primary N) is 1. The van der Waals surface area contributed by atoms with Crippen LogP contribution in [-0.4, -0.2) is 22.3 Å². The molecule has 0 unspecified atom stereocenters. The normalized spacial score (nSPS) is 11.4.